The molecule has 2 N–H and O–H groups in total. The predicted molar refractivity (Wildman–Crippen MR) is 92.4 cm³/mol. The molecular formula is C16H18FN7O2. The number of tetrazole rings is 1. The van der Waals surface area contributed by atoms with Crippen LogP contribution in [-0.2, 0) is 4.74 Å². The number of hydrogen-bond donors (Lipinski definition) is 2. The van der Waals surface area contributed by atoms with Crippen molar-refractivity contribution in [3.63, 3.8) is 0 Å². The number of anilines is 2. The highest BCUT2D eigenvalue weighted by Crippen LogP contribution is 2.28. The molecule has 136 valence electrons. The van der Waals surface area contributed by atoms with Crippen LogP contribution >= 0.6 is 0 Å². The third-order valence-corrected chi connectivity index (χ3v) is 3.07. The van der Waals surface area contributed by atoms with Crippen LogP contribution in [0.5, 0.6) is 0 Å². The fraction of sp³-hybridized carbons (Fsp3) is 0.312. The maximum Gasteiger partial charge on any atom is 0.414 e. The van der Waals surface area contributed by atoms with E-state index in [-0.39, 0.29) is 17.1 Å². The smallest absolute Gasteiger partial charge is 0.414 e. The number of benzene rings is 1. The molecule has 0 saturated heterocycles. The minimum atomic E-state index is -0.696. The number of nitrogens with zero attached hydrogens (tertiary/aromatic N) is 5. The second-order valence-electron chi connectivity index (χ2n) is 6.25. The van der Waals surface area contributed by atoms with Crippen molar-refractivity contribution in [2.24, 2.45) is 0 Å². The molecule has 0 fully saturated rings. The first-order valence-corrected chi connectivity index (χ1v) is 7.58. The van der Waals surface area contributed by atoms with Gasteiger partial charge in [0.25, 0.3) is 0 Å². The highest BCUT2D eigenvalue weighted by atomic mass is 19.1. The molecule has 0 atom stereocenters. The Morgan fingerprint density at radius 3 is 2.77 bits per heavy atom. The standard InChI is InChI=1S/C16H18FN7O2/c1-16(2,3)26-15(25)24(4)13-7-11(17)5-6-12(13)19-9-10(8-18)14-20-22-23-21-14/h5-7,9,19H,1-4H3,(H,20,21,22,23). The quantitative estimate of drug-likeness (QED) is 0.805. The molecule has 0 aliphatic carbocycles. The van der Waals surface area contributed by atoms with E-state index in [0.29, 0.717) is 5.69 Å². The minimum absolute atomic E-state index is 0.101. The van der Waals surface area contributed by atoms with E-state index in [2.05, 4.69) is 25.9 Å². The molecule has 9 nitrogen and oxygen atoms in total. The molecule has 1 amide bonds. The fourth-order valence-electron chi connectivity index (χ4n) is 1.91. The Morgan fingerprint density at radius 2 is 2.19 bits per heavy atom. The van der Waals surface area contributed by atoms with E-state index < -0.39 is 17.5 Å². The average Bonchev–Trinajstić information content (AvgIpc) is 3.08. The number of amides is 1. The molecule has 0 aliphatic heterocycles. The van der Waals surface area contributed by atoms with Crippen LogP contribution in [0.2, 0.25) is 0 Å². The normalized spacial score (nSPS) is 11.6. The van der Waals surface area contributed by atoms with E-state index >= 15 is 0 Å². The fourth-order valence-corrected chi connectivity index (χ4v) is 1.91. The third-order valence-electron chi connectivity index (χ3n) is 3.07. The van der Waals surface area contributed by atoms with Gasteiger partial charge >= 0.3 is 6.09 Å². The van der Waals surface area contributed by atoms with Crippen LogP contribution in [-0.4, -0.2) is 39.4 Å². The number of carbonyl (C=O) groups excluding carboxylic acids is 1. The summed E-state index contributed by atoms with van der Waals surface area (Å²) in [5, 5.41) is 25.1. The number of ether oxygens (including phenoxy) is 1. The first-order valence-electron chi connectivity index (χ1n) is 7.58. The summed E-state index contributed by atoms with van der Waals surface area (Å²) in [6.45, 7) is 5.20. The molecule has 0 radical (unpaired) electrons. The Kier molecular flexibility index (Phi) is 5.51. The zero-order valence-corrected chi connectivity index (χ0v) is 14.7. The van der Waals surface area contributed by atoms with Crippen LogP contribution < -0.4 is 10.2 Å². The number of H-pyrrole nitrogens is 1. The molecule has 10 heteroatoms. The van der Waals surface area contributed by atoms with Crippen molar-refractivity contribution in [1.82, 2.24) is 20.6 Å². The monoisotopic (exact) mass is 359 g/mol. The summed E-state index contributed by atoms with van der Waals surface area (Å²) >= 11 is 0. The number of allylic oxidation sites excluding steroid dienone is 1. The van der Waals surface area contributed by atoms with E-state index in [1.807, 2.05) is 6.07 Å². The topological polar surface area (TPSA) is 120 Å². The number of carbonyl (C=O) groups is 1. The van der Waals surface area contributed by atoms with Gasteiger partial charge in [-0.05, 0) is 44.2 Å². The Hall–Kier alpha value is -3.48. The highest BCUT2D eigenvalue weighted by Gasteiger charge is 2.22. The van der Waals surface area contributed by atoms with Crippen LogP contribution in [0, 0.1) is 17.1 Å². The number of aromatic nitrogens is 4. The predicted octanol–water partition coefficient (Wildman–Crippen LogP) is 2.69. The molecular weight excluding hydrogens is 341 g/mol. The second-order valence-corrected chi connectivity index (χ2v) is 6.25. The van der Waals surface area contributed by atoms with Crippen LogP contribution in [0.15, 0.2) is 24.4 Å². The van der Waals surface area contributed by atoms with Crippen molar-refractivity contribution in [1.29, 1.82) is 5.26 Å². The van der Waals surface area contributed by atoms with E-state index in [1.165, 1.54) is 36.3 Å². The van der Waals surface area contributed by atoms with Crippen LogP contribution in [0.3, 0.4) is 0 Å². The lowest BCUT2D eigenvalue weighted by Gasteiger charge is -2.26. The van der Waals surface area contributed by atoms with Crippen molar-refractivity contribution in [2.75, 3.05) is 17.3 Å². The lowest BCUT2D eigenvalue weighted by molar-refractivity contribution is 0.0589. The zero-order chi connectivity index (χ0) is 19.3. The van der Waals surface area contributed by atoms with Gasteiger partial charge in [0, 0.05) is 13.2 Å². The highest BCUT2D eigenvalue weighted by molar-refractivity contribution is 5.92. The van der Waals surface area contributed by atoms with E-state index in [9.17, 15) is 14.4 Å². The molecule has 1 aromatic heterocycles. The molecule has 2 rings (SSSR count). The van der Waals surface area contributed by atoms with Crippen LogP contribution in [0.25, 0.3) is 5.57 Å². The van der Waals surface area contributed by atoms with Gasteiger partial charge in [-0.3, -0.25) is 4.90 Å². The number of hydrogen-bond acceptors (Lipinski definition) is 7. The lowest BCUT2D eigenvalue weighted by atomic mass is 10.2. The van der Waals surface area contributed by atoms with Gasteiger partial charge in [-0.2, -0.15) is 10.5 Å². The molecule has 0 spiro atoms. The summed E-state index contributed by atoms with van der Waals surface area (Å²) in [7, 11) is 1.46. The third kappa shape index (κ3) is 4.76. The number of rotatable bonds is 4. The SMILES string of the molecule is CN(C(=O)OC(C)(C)C)c1cc(F)ccc1NC=C(C#N)c1nn[nH]n1. The molecule has 2 aromatic rings. The van der Waals surface area contributed by atoms with Crippen molar-refractivity contribution < 1.29 is 13.9 Å². The molecule has 0 aliphatic rings. The second kappa shape index (κ2) is 7.60. The molecule has 1 heterocycles. The van der Waals surface area contributed by atoms with Gasteiger partial charge in [-0.15, -0.1) is 10.2 Å². The molecule has 0 bridgehead atoms. The molecule has 0 unspecified atom stereocenters. The van der Waals surface area contributed by atoms with Crippen LogP contribution in [0.4, 0.5) is 20.6 Å². The summed E-state index contributed by atoms with van der Waals surface area (Å²) in [5.41, 5.74) is 0.0320. The van der Waals surface area contributed by atoms with Gasteiger partial charge in [-0.1, -0.05) is 0 Å². The maximum absolute atomic E-state index is 13.7. The summed E-state index contributed by atoms with van der Waals surface area (Å²) in [5.74, 6) is -0.423. The Labute approximate surface area is 149 Å². The minimum Gasteiger partial charge on any atom is -0.443 e. The van der Waals surface area contributed by atoms with E-state index in [1.54, 1.807) is 20.8 Å². The Morgan fingerprint density at radius 1 is 1.46 bits per heavy atom. The summed E-state index contributed by atoms with van der Waals surface area (Å²) in [6, 6.07) is 5.77. The number of halogens is 1. The van der Waals surface area contributed by atoms with Gasteiger partial charge in [0.2, 0.25) is 5.82 Å². The van der Waals surface area contributed by atoms with Gasteiger partial charge in [0.15, 0.2) is 0 Å². The molecule has 1 aromatic carbocycles. The molecule has 26 heavy (non-hydrogen) atoms. The van der Waals surface area contributed by atoms with Crippen molar-refractivity contribution in [2.45, 2.75) is 26.4 Å². The molecule has 0 saturated carbocycles. The van der Waals surface area contributed by atoms with Crippen molar-refractivity contribution in [3.8, 4) is 6.07 Å². The first kappa shape index (κ1) is 18.9. The summed E-state index contributed by atoms with van der Waals surface area (Å²) < 4.78 is 19.0. The summed E-state index contributed by atoms with van der Waals surface area (Å²) in [4.78, 5) is 13.4. The Balaban J connectivity index is 2.30. The maximum atomic E-state index is 13.7. The van der Waals surface area contributed by atoms with Gasteiger partial charge in [0.05, 0.1) is 11.4 Å². The van der Waals surface area contributed by atoms with Gasteiger partial charge in [-0.25, -0.2) is 9.18 Å². The van der Waals surface area contributed by atoms with E-state index in [0.717, 1.165) is 0 Å². The number of nitrogens with one attached hydrogen (secondary N) is 2. The van der Waals surface area contributed by atoms with Gasteiger partial charge < -0.3 is 10.1 Å². The number of nitriles is 1. The van der Waals surface area contributed by atoms with E-state index in [4.69, 9.17) is 4.74 Å². The zero-order valence-electron chi connectivity index (χ0n) is 14.7. The number of aromatic amines is 1. The lowest BCUT2D eigenvalue weighted by Crippen LogP contribution is -2.34. The average molecular weight is 359 g/mol. The van der Waals surface area contributed by atoms with Crippen molar-refractivity contribution >= 4 is 23.0 Å². The Bertz CT molecular complexity index is 850. The first-order chi connectivity index (χ1) is 12.2. The largest absolute Gasteiger partial charge is 0.443 e. The van der Waals surface area contributed by atoms with Crippen molar-refractivity contribution in [3.05, 3.63) is 36.0 Å². The van der Waals surface area contributed by atoms with Crippen LogP contribution in [0.1, 0.15) is 26.6 Å². The summed E-state index contributed by atoms with van der Waals surface area (Å²) in [6.07, 6.45) is 0.693. The van der Waals surface area contributed by atoms with Gasteiger partial charge in [0.1, 0.15) is 23.1 Å².